The molecule has 0 fully saturated rings. The lowest BCUT2D eigenvalue weighted by Crippen LogP contribution is -2.32. The van der Waals surface area contributed by atoms with Gasteiger partial charge in [0.1, 0.15) is 30.3 Å². The molecule has 0 atom stereocenters. The second kappa shape index (κ2) is 27.5. The number of amides is 1. The van der Waals surface area contributed by atoms with Crippen LogP contribution in [0.4, 0.5) is 11.4 Å². The Morgan fingerprint density at radius 3 is 2.00 bits per heavy atom. The maximum atomic E-state index is 13.7. The summed E-state index contributed by atoms with van der Waals surface area (Å²) in [6.07, 6.45) is 4.13. The maximum absolute atomic E-state index is 13.7. The summed E-state index contributed by atoms with van der Waals surface area (Å²) in [5, 5.41) is 9.98. The molecule has 358 valence electrons. The summed E-state index contributed by atoms with van der Waals surface area (Å²) >= 11 is 0. The first kappa shape index (κ1) is 56.1. The van der Waals surface area contributed by atoms with Crippen LogP contribution in [0.2, 0.25) is 0 Å². The smallest absolute Gasteiger partial charge is 0.262 e. The van der Waals surface area contributed by atoms with Gasteiger partial charge in [0.15, 0.2) is 11.5 Å². The van der Waals surface area contributed by atoms with Gasteiger partial charge in [-0.3, -0.25) is 9.69 Å². The number of carbonyl (C=O) groups excluding carboxylic acids is 1. The molecule has 5 aromatic carbocycles. The van der Waals surface area contributed by atoms with Gasteiger partial charge in [-0.25, -0.2) is 0 Å². The number of benzene rings is 5. The van der Waals surface area contributed by atoms with Crippen molar-refractivity contribution >= 4 is 23.0 Å². The topological polar surface area (TPSA) is 80.7 Å². The van der Waals surface area contributed by atoms with Gasteiger partial charge in [-0.15, -0.1) is 0 Å². The number of methoxy groups -OCH3 is 1. The van der Waals surface area contributed by atoms with Crippen molar-refractivity contribution < 1.29 is 28.8 Å². The molecule has 1 amide bonds. The Bertz CT molecular complexity index is 2310. The number of aryl methyl sites for hydroxylation is 3. The zero-order valence-electron chi connectivity index (χ0n) is 41.6. The molecule has 8 nitrogen and oxygen atoms in total. The molecule has 1 N–H and O–H groups in total. The first-order chi connectivity index (χ1) is 31.2. The summed E-state index contributed by atoms with van der Waals surface area (Å²) in [5.74, 6) is 3.14. The first-order valence-corrected chi connectivity index (χ1v) is 23.3. The Kier molecular flexibility index (Phi) is 23.4. The van der Waals surface area contributed by atoms with Crippen LogP contribution in [0.25, 0.3) is 5.70 Å². The fraction of sp³-hybridized carbons (Fsp3) is 0.397. The fourth-order valence-electron chi connectivity index (χ4n) is 7.26. The summed E-state index contributed by atoms with van der Waals surface area (Å²) < 4.78 is 24.9. The van der Waals surface area contributed by atoms with Crippen molar-refractivity contribution in [1.82, 2.24) is 0 Å². The lowest BCUT2D eigenvalue weighted by Gasteiger charge is -2.25. The van der Waals surface area contributed by atoms with Crippen LogP contribution < -0.4 is 28.7 Å². The van der Waals surface area contributed by atoms with Crippen molar-refractivity contribution in [2.24, 2.45) is 5.92 Å². The highest BCUT2D eigenvalue weighted by Crippen LogP contribution is 2.39. The lowest BCUT2D eigenvalue weighted by molar-refractivity contribution is 0.0410. The van der Waals surface area contributed by atoms with E-state index in [1.165, 1.54) is 11.3 Å². The molecule has 0 aromatic heterocycles. The van der Waals surface area contributed by atoms with Crippen molar-refractivity contribution in [3.05, 3.63) is 161 Å². The summed E-state index contributed by atoms with van der Waals surface area (Å²) in [7, 11) is 1.65. The third-order valence-electron chi connectivity index (χ3n) is 10.4. The Balaban J connectivity index is 0.00000156. The molecular weight excluding hydrogens is 821 g/mol. The number of fused-ring (bicyclic) bond motifs is 1. The van der Waals surface area contributed by atoms with E-state index in [1.807, 2.05) is 115 Å². The average Bonchev–Trinajstić information content (AvgIpc) is 3.75. The number of aliphatic hydroxyl groups is 1. The largest absolute Gasteiger partial charge is 0.493 e. The number of carbonyl (C=O) groups is 1. The molecule has 0 unspecified atom stereocenters. The van der Waals surface area contributed by atoms with Crippen LogP contribution in [0.1, 0.15) is 133 Å². The van der Waals surface area contributed by atoms with E-state index in [-0.39, 0.29) is 33.2 Å². The van der Waals surface area contributed by atoms with E-state index in [2.05, 4.69) is 76.9 Å². The van der Waals surface area contributed by atoms with Crippen molar-refractivity contribution in [2.45, 2.75) is 129 Å². The maximum Gasteiger partial charge on any atom is 0.262 e. The molecule has 1 aliphatic rings. The van der Waals surface area contributed by atoms with Gasteiger partial charge in [0, 0.05) is 35.3 Å². The molecule has 0 bridgehead atoms. The van der Waals surface area contributed by atoms with Gasteiger partial charge >= 0.3 is 0 Å². The normalized spacial score (nSPS) is 11.2. The SMILES string of the molecule is C.C=CN(C(=O)c1ccc(OCc2cc(COc3cc(CC)c(C(=C)N4CCc5ccccc54)cc3OC)cc(OC(C)(C)CO)c2)cc1C)c1ccccc1CC.CC.CC.CC(C)C. The molecule has 66 heavy (non-hydrogen) atoms. The van der Waals surface area contributed by atoms with Gasteiger partial charge in [0.25, 0.3) is 5.91 Å². The molecule has 0 saturated carbocycles. The van der Waals surface area contributed by atoms with Crippen LogP contribution in [-0.4, -0.2) is 36.9 Å². The van der Waals surface area contributed by atoms with Gasteiger partial charge in [-0.2, -0.15) is 0 Å². The third-order valence-corrected chi connectivity index (χ3v) is 10.4. The van der Waals surface area contributed by atoms with Crippen LogP contribution >= 0.6 is 0 Å². The molecule has 0 spiro atoms. The predicted octanol–water partition coefficient (Wildman–Crippen LogP) is 14.6. The highest BCUT2D eigenvalue weighted by Gasteiger charge is 2.25. The van der Waals surface area contributed by atoms with Crippen LogP contribution in [-0.2, 0) is 32.5 Å². The number of rotatable bonds is 17. The number of nitrogens with zero attached hydrogens (tertiary/aromatic N) is 2. The van der Waals surface area contributed by atoms with E-state index >= 15 is 0 Å². The molecule has 0 saturated heterocycles. The predicted molar refractivity (Wildman–Crippen MR) is 280 cm³/mol. The van der Waals surface area contributed by atoms with E-state index in [0.29, 0.717) is 28.6 Å². The van der Waals surface area contributed by atoms with Crippen molar-refractivity contribution in [3.8, 4) is 23.0 Å². The Hall–Kier alpha value is -5.99. The number of para-hydroxylation sites is 2. The third kappa shape index (κ3) is 15.0. The van der Waals surface area contributed by atoms with E-state index in [9.17, 15) is 9.90 Å². The first-order valence-electron chi connectivity index (χ1n) is 23.3. The average molecular weight is 901 g/mol. The van der Waals surface area contributed by atoms with Gasteiger partial charge in [0.2, 0.25) is 0 Å². The molecule has 6 rings (SSSR count). The number of hydrogen-bond acceptors (Lipinski definition) is 7. The zero-order valence-corrected chi connectivity index (χ0v) is 41.6. The fourth-order valence-corrected chi connectivity index (χ4v) is 7.26. The highest BCUT2D eigenvalue weighted by molar-refractivity contribution is 6.08. The van der Waals surface area contributed by atoms with E-state index in [4.69, 9.17) is 18.9 Å². The number of aliphatic hydroxyl groups excluding tert-OH is 1. The lowest BCUT2D eigenvalue weighted by atomic mass is 10.0. The molecule has 1 aliphatic heterocycles. The highest BCUT2D eigenvalue weighted by atomic mass is 16.5. The molecule has 0 radical (unpaired) electrons. The molecule has 1 heterocycles. The summed E-state index contributed by atoms with van der Waals surface area (Å²) in [6.45, 7) is 33.9. The Morgan fingerprint density at radius 1 is 0.803 bits per heavy atom. The summed E-state index contributed by atoms with van der Waals surface area (Å²) in [4.78, 5) is 17.6. The van der Waals surface area contributed by atoms with Crippen LogP contribution in [0.5, 0.6) is 23.0 Å². The number of anilines is 2. The summed E-state index contributed by atoms with van der Waals surface area (Å²) in [6, 6.07) is 31.7. The standard InChI is InChI=1S/C49H54N2O6.C4H10.2C2H6.CH4/c1-9-37-16-12-14-18-44(37)50(11-3)48(53)42-21-20-40(24-33(42)4)55-30-35-25-36(27-41(26-35)57-49(6,7)32-52)31-56-47-28-38(10-2)43(29-46(47)54-8)34(5)51-23-22-39-17-13-15-19-45(39)51;1-4(2)3;2*1-2;/h11-21,24-29,52H,3,5,9-10,22-23,30-32H2,1-2,4,6-8H3;4H,1-3H3;2*1-2H3;1H4. The molecule has 5 aromatic rings. The molecule has 8 heteroatoms. The molecular formula is C58H80N2O6. The summed E-state index contributed by atoms with van der Waals surface area (Å²) in [5.41, 5.74) is 9.75. The monoisotopic (exact) mass is 901 g/mol. The number of hydrogen-bond donors (Lipinski definition) is 1. The molecule has 0 aliphatic carbocycles. The van der Waals surface area contributed by atoms with Crippen molar-refractivity contribution in [3.63, 3.8) is 0 Å². The van der Waals surface area contributed by atoms with E-state index in [0.717, 1.165) is 76.5 Å². The van der Waals surface area contributed by atoms with Crippen molar-refractivity contribution in [2.75, 3.05) is 30.1 Å². The second-order valence-electron chi connectivity index (χ2n) is 16.6. The quantitative estimate of drug-likeness (QED) is 0.0995. The minimum absolute atomic E-state index is 0. The van der Waals surface area contributed by atoms with Crippen LogP contribution in [0.15, 0.2) is 116 Å². The van der Waals surface area contributed by atoms with Crippen LogP contribution in [0, 0.1) is 12.8 Å². The van der Waals surface area contributed by atoms with E-state index in [1.54, 1.807) is 24.3 Å². The zero-order chi connectivity index (χ0) is 48.3. The second-order valence-corrected chi connectivity index (χ2v) is 16.6. The van der Waals surface area contributed by atoms with Gasteiger partial charge in [-0.1, -0.05) is 119 Å². The van der Waals surface area contributed by atoms with Gasteiger partial charge < -0.3 is 29.0 Å². The number of ether oxygens (including phenoxy) is 4. The van der Waals surface area contributed by atoms with E-state index < -0.39 is 5.60 Å². The Morgan fingerprint density at radius 2 is 1.41 bits per heavy atom. The minimum atomic E-state index is -0.804. The van der Waals surface area contributed by atoms with Gasteiger partial charge in [0.05, 0.1) is 19.4 Å². The minimum Gasteiger partial charge on any atom is -0.493 e. The Labute approximate surface area is 398 Å². The van der Waals surface area contributed by atoms with Crippen LogP contribution in [0.3, 0.4) is 0 Å². The van der Waals surface area contributed by atoms with Crippen molar-refractivity contribution in [1.29, 1.82) is 0 Å². The van der Waals surface area contributed by atoms with Gasteiger partial charge in [-0.05, 0) is 140 Å².